The molecule has 0 radical (unpaired) electrons. The molecule has 0 aliphatic carbocycles. The summed E-state index contributed by atoms with van der Waals surface area (Å²) < 4.78 is 39.2. The topological polar surface area (TPSA) is 70.8 Å². The Kier molecular flexibility index (Phi) is 2.01. The van der Waals surface area contributed by atoms with Crippen molar-refractivity contribution in [3.05, 3.63) is 35.7 Å². The largest absolute Gasteiger partial charge is 0.586 e. The minimum atomic E-state index is -3.68. The number of nitrogens with two attached hydrogens (primary N) is 1. The highest BCUT2D eigenvalue weighted by Crippen LogP contribution is 2.42. The zero-order chi connectivity index (χ0) is 12.9. The van der Waals surface area contributed by atoms with Crippen LogP contribution in [0.4, 0.5) is 8.78 Å². The van der Waals surface area contributed by atoms with Crippen LogP contribution >= 0.6 is 0 Å². The highest BCUT2D eigenvalue weighted by atomic mass is 19.3. The molecule has 0 amide bonds. The molecule has 7 heteroatoms. The number of ketones is 1. The van der Waals surface area contributed by atoms with Crippen LogP contribution in [-0.4, -0.2) is 12.1 Å². The number of fused-ring (bicyclic) bond motifs is 1. The lowest BCUT2D eigenvalue weighted by atomic mass is 10.1. The summed E-state index contributed by atoms with van der Waals surface area (Å²) in [5.74, 6) is -0.583. The van der Waals surface area contributed by atoms with E-state index in [1.54, 1.807) is 0 Å². The maximum absolute atomic E-state index is 12.8. The van der Waals surface area contributed by atoms with Crippen molar-refractivity contribution in [3.8, 4) is 11.5 Å². The van der Waals surface area contributed by atoms with Crippen molar-refractivity contribution < 1.29 is 27.8 Å². The smallest absolute Gasteiger partial charge is 0.463 e. The zero-order valence-corrected chi connectivity index (χ0v) is 8.85. The number of carbonyl (C=O) groups excluding carboxylic acids is 1. The molecule has 0 spiro atoms. The first kappa shape index (κ1) is 10.8. The highest BCUT2D eigenvalue weighted by molar-refractivity contribution is 5.96. The maximum Gasteiger partial charge on any atom is 0.586 e. The second kappa shape index (κ2) is 3.34. The van der Waals surface area contributed by atoms with E-state index in [4.69, 9.17) is 10.5 Å². The maximum atomic E-state index is 12.8. The quantitative estimate of drug-likeness (QED) is 0.822. The van der Waals surface area contributed by atoms with Crippen molar-refractivity contribution in [3.63, 3.8) is 0 Å². The third-order valence-corrected chi connectivity index (χ3v) is 2.52. The fraction of sp³-hybridized carbons (Fsp3) is 0.182. The van der Waals surface area contributed by atoms with Crippen molar-refractivity contribution in [2.24, 2.45) is 5.73 Å². The third kappa shape index (κ3) is 1.64. The van der Waals surface area contributed by atoms with Gasteiger partial charge in [-0.3, -0.25) is 4.79 Å². The zero-order valence-electron chi connectivity index (χ0n) is 8.85. The van der Waals surface area contributed by atoms with E-state index in [9.17, 15) is 13.6 Å². The van der Waals surface area contributed by atoms with E-state index in [-0.39, 0.29) is 23.2 Å². The fourth-order valence-electron chi connectivity index (χ4n) is 1.81. The molecule has 0 saturated carbocycles. The second-order valence-electron chi connectivity index (χ2n) is 3.82. The first-order valence-corrected chi connectivity index (χ1v) is 5.02. The SMILES string of the molecule is NC1=CC(=O)C(c2ccc3c(c2)OC(F)(F)O3)O1. The molecule has 0 saturated heterocycles. The number of halogens is 2. The molecule has 2 aliphatic heterocycles. The summed E-state index contributed by atoms with van der Waals surface area (Å²) in [6, 6.07) is 4.00. The van der Waals surface area contributed by atoms with Gasteiger partial charge in [-0.2, -0.15) is 0 Å². The summed E-state index contributed by atoms with van der Waals surface area (Å²) in [5, 5.41) is 0. The predicted molar refractivity (Wildman–Crippen MR) is 53.7 cm³/mol. The Labute approximate surface area is 99.7 Å². The van der Waals surface area contributed by atoms with Crippen LogP contribution in [0.25, 0.3) is 0 Å². The van der Waals surface area contributed by atoms with E-state index in [2.05, 4.69) is 9.47 Å². The average molecular weight is 255 g/mol. The van der Waals surface area contributed by atoms with Gasteiger partial charge in [-0.05, 0) is 12.1 Å². The lowest BCUT2D eigenvalue weighted by Gasteiger charge is -2.10. The van der Waals surface area contributed by atoms with Crippen molar-refractivity contribution >= 4 is 5.78 Å². The van der Waals surface area contributed by atoms with Gasteiger partial charge in [-0.15, -0.1) is 8.78 Å². The van der Waals surface area contributed by atoms with Gasteiger partial charge in [-0.25, -0.2) is 0 Å². The minimum Gasteiger partial charge on any atom is -0.463 e. The van der Waals surface area contributed by atoms with E-state index in [1.807, 2.05) is 0 Å². The first-order valence-electron chi connectivity index (χ1n) is 5.02. The lowest BCUT2D eigenvalue weighted by molar-refractivity contribution is -0.286. The summed E-state index contributed by atoms with van der Waals surface area (Å²) in [5.41, 5.74) is 5.72. The summed E-state index contributed by atoms with van der Waals surface area (Å²) in [6.45, 7) is 0. The Balaban J connectivity index is 1.92. The van der Waals surface area contributed by atoms with Crippen molar-refractivity contribution in [2.75, 3.05) is 0 Å². The molecule has 1 aromatic carbocycles. The number of rotatable bonds is 1. The van der Waals surface area contributed by atoms with Gasteiger partial charge < -0.3 is 19.9 Å². The summed E-state index contributed by atoms with van der Waals surface area (Å²) in [6.07, 6.45) is -3.46. The molecule has 1 unspecified atom stereocenters. The van der Waals surface area contributed by atoms with Crippen LogP contribution in [0.3, 0.4) is 0 Å². The fourth-order valence-corrected chi connectivity index (χ4v) is 1.81. The third-order valence-electron chi connectivity index (χ3n) is 2.52. The minimum absolute atomic E-state index is 0.00648. The molecule has 18 heavy (non-hydrogen) atoms. The molecule has 0 bridgehead atoms. The van der Waals surface area contributed by atoms with Crippen molar-refractivity contribution in [1.82, 2.24) is 0 Å². The van der Waals surface area contributed by atoms with E-state index < -0.39 is 12.4 Å². The van der Waals surface area contributed by atoms with Crippen LogP contribution < -0.4 is 15.2 Å². The number of ether oxygens (including phenoxy) is 3. The van der Waals surface area contributed by atoms with Crippen molar-refractivity contribution in [2.45, 2.75) is 12.4 Å². The van der Waals surface area contributed by atoms with Gasteiger partial charge >= 0.3 is 6.29 Å². The molecule has 2 aliphatic rings. The number of hydrogen-bond donors (Lipinski definition) is 1. The molecule has 1 aromatic rings. The molecule has 3 rings (SSSR count). The molecule has 94 valence electrons. The van der Waals surface area contributed by atoms with Crippen LogP contribution in [0.5, 0.6) is 11.5 Å². The van der Waals surface area contributed by atoms with Crippen LogP contribution in [0.1, 0.15) is 11.7 Å². The monoisotopic (exact) mass is 255 g/mol. The van der Waals surface area contributed by atoms with Crippen molar-refractivity contribution in [1.29, 1.82) is 0 Å². The summed E-state index contributed by atoms with van der Waals surface area (Å²) in [7, 11) is 0. The van der Waals surface area contributed by atoms with Gasteiger partial charge in [0.2, 0.25) is 5.78 Å². The summed E-state index contributed by atoms with van der Waals surface area (Å²) >= 11 is 0. The molecular formula is C11H7F2NO4. The second-order valence-corrected chi connectivity index (χ2v) is 3.82. The molecule has 2 N–H and O–H groups in total. The number of carbonyl (C=O) groups is 1. The van der Waals surface area contributed by atoms with Crippen LogP contribution in [0.2, 0.25) is 0 Å². The Morgan fingerprint density at radius 1 is 1.22 bits per heavy atom. The van der Waals surface area contributed by atoms with Crippen LogP contribution in [-0.2, 0) is 9.53 Å². The Morgan fingerprint density at radius 2 is 1.94 bits per heavy atom. The van der Waals surface area contributed by atoms with Crippen LogP contribution in [0, 0.1) is 0 Å². The van der Waals surface area contributed by atoms with E-state index in [1.165, 1.54) is 18.2 Å². The Hall–Kier alpha value is -2.31. The normalized spacial score (nSPS) is 23.8. The van der Waals surface area contributed by atoms with Crippen LogP contribution in [0.15, 0.2) is 30.2 Å². The van der Waals surface area contributed by atoms with Gasteiger partial charge in [0.1, 0.15) is 0 Å². The number of benzene rings is 1. The Bertz CT molecular complexity index is 570. The molecule has 1 atom stereocenters. The highest BCUT2D eigenvalue weighted by Gasteiger charge is 2.44. The lowest BCUT2D eigenvalue weighted by Crippen LogP contribution is -2.25. The van der Waals surface area contributed by atoms with Gasteiger partial charge in [-0.1, -0.05) is 6.07 Å². The van der Waals surface area contributed by atoms with Gasteiger partial charge in [0.15, 0.2) is 23.5 Å². The number of alkyl halides is 2. The average Bonchev–Trinajstić information content (AvgIpc) is 2.74. The Morgan fingerprint density at radius 3 is 2.61 bits per heavy atom. The molecule has 0 fully saturated rings. The molecule has 0 aromatic heterocycles. The van der Waals surface area contributed by atoms with E-state index in [0.29, 0.717) is 5.56 Å². The summed E-state index contributed by atoms with van der Waals surface area (Å²) in [4.78, 5) is 11.5. The molecular weight excluding hydrogens is 248 g/mol. The number of hydrogen-bond acceptors (Lipinski definition) is 5. The molecule has 5 nitrogen and oxygen atoms in total. The van der Waals surface area contributed by atoms with Gasteiger partial charge in [0.05, 0.1) is 0 Å². The van der Waals surface area contributed by atoms with E-state index >= 15 is 0 Å². The van der Waals surface area contributed by atoms with Gasteiger partial charge in [0.25, 0.3) is 0 Å². The standard InChI is InChI=1S/C11H7F2NO4/c12-11(13)17-7-2-1-5(3-8(7)18-11)10-6(15)4-9(14)16-10/h1-4,10H,14H2. The van der Waals surface area contributed by atoms with E-state index in [0.717, 1.165) is 6.08 Å². The predicted octanol–water partition coefficient (Wildman–Crippen LogP) is 1.45. The van der Waals surface area contributed by atoms with Gasteiger partial charge in [0, 0.05) is 11.6 Å². The molecule has 2 heterocycles. The first-order chi connectivity index (χ1) is 8.44.